The normalized spacial score (nSPS) is 17.9. The monoisotopic (exact) mass is 1000 g/mol. The maximum Gasteiger partial charge on any atom is 0.326 e. The topological polar surface area (TPSA) is 258 Å². The van der Waals surface area contributed by atoms with Gasteiger partial charge >= 0.3 is 5.97 Å². The van der Waals surface area contributed by atoms with E-state index in [4.69, 9.17) is 5.73 Å². The number of phenolic OH excluding ortho intramolecular Hbond substituents is 1. The number of likely N-dealkylation sites (tertiary alicyclic amines) is 2. The van der Waals surface area contributed by atoms with Crippen LogP contribution in [0.25, 0.3) is 0 Å². The molecule has 0 spiro atoms. The van der Waals surface area contributed by atoms with Crippen LogP contribution >= 0.6 is 0 Å². The lowest BCUT2D eigenvalue weighted by atomic mass is 9.96. The van der Waals surface area contributed by atoms with Gasteiger partial charge in [0.05, 0.1) is 6.04 Å². The first-order valence-electron chi connectivity index (χ1n) is 25.2. The summed E-state index contributed by atoms with van der Waals surface area (Å²) in [4.78, 5) is 114. The average Bonchev–Trinajstić information content (AvgIpc) is 4.09. The van der Waals surface area contributed by atoms with Gasteiger partial charge in [-0.2, -0.15) is 0 Å². The van der Waals surface area contributed by atoms with Gasteiger partial charge in [-0.15, -0.1) is 0 Å². The van der Waals surface area contributed by atoms with E-state index in [9.17, 15) is 48.6 Å². The summed E-state index contributed by atoms with van der Waals surface area (Å²) < 4.78 is 0. The number of benzene rings is 4. The van der Waals surface area contributed by atoms with E-state index in [0.717, 1.165) is 5.56 Å². The van der Waals surface area contributed by atoms with Gasteiger partial charge in [0.1, 0.15) is 42.0 Å². The Labute approximate surface area is 426 Å². The molecule has 0 aromatic heterocycles. The summed E-state index contributed by atoms with van der Waals surface area (Å²) in [7, 11) is 0. The Kier molecular flexibility index (Phi) is 19.4. The van der Waals surface area contributed by atoms with Crippen LogP contribution in [0.3, 0.4) is 0 Å². The first-order valence-corrected chi connectivity index (χ1v) is 25.2. The summed E-state index contributed by atoms with van der Waals surface area (Å²) in [5.74, 6) is -5.35. The van der Waals surface area contributed by atoms with Gasteiger partial charge in [0.15, 0.2) is 5.78 Å². The van der Waals surface area contributed by atoms with Crippen LogP contribution in [0.1, 0.15) is 98.8 Å². The first kappa shape index (κ1) is 54.9. The molecule has 4 aromatic rings. The number of carbonyl (C=O) groups excluding carboxylic acids is 7. The van der Waals surface area contributed by atoms with E-state index in [-0.39, 0.29) is 56.2 Å². The van der Waals surface area contributed by atoms with E-state index in [2.05, 4.69) is 21.3 Å². The SMILES string of the molecule is CC[C@H](C)[C@H](NC(=O)[C@H](Cc1ccccc1)NC(=O)[C@H](Cc1ccc(C(=O)c2ccccc2)cc1)NC(=O)[C@@H]1CCCN1C(=O)[C@@H](N)Cc1ccc(O)cc1)C(=O)N1CCC[C@H]1C(=O)N[C@@H](CC(C)C)C(=O)O. The Morgan fingerprint density at radius 3 is 1.60 bits per heavy atom. The minimum absolute atomic E-state index is 0.0121. The molecule has 73 heavy (non-hydrogen) atoms. The van der Waals surface area contributed by atoms with Crippen LogP contribution in [0.5, 0.6) is 5.75 Å². The van der Waals surface area contributed by atoms with Crippen molar-refractivity contribution < 1.29 is 48.6 Å². The molecule has 0 bridgehead atoms. The van der Waals surface area contributed by atoms with Crippen molar-refractivity contribution in [1.29, 1.82) is 0 Å². The average molecular weight is 1000 g/mol. The lowest BCUT2D eigenvalue weighted by Crippen LogP contribution is -2.61. The maximum absolute atomic E-state index is 14.8. The highest BCUT2D eigenvalue weighted by atomic mass is 16.4. The van der Waals surface area contributed by atoms with Crippen LogP contribution in [0.15, 0.2) is 109 Å². The summed E-state index contributed by atoms with van der Waals surface area (Å²) in [5.41, 5.74) is 9.29. The molecule has 2 fully saturated rings. The van der Waals surface area contributed by atoms with Crippen molar-refractivity contribution in [2.45, 2.75) is 128 Å². The molecule has 0 saturated carbocycles. The van der Waals surface area contributed by atoms with E-state index in [0.29, 0.717) is 54.4 Å². The van der Waals surface area contributed by atoms with E-state index in [1.165, 1.54) is 21.9 Å². The third-order valence-corrected chi connectivity index (χ3v) is 13.7. The second-order valence-corrected chi connectivity index (χ2v) is 19.7. The molecule has 2 aliphatic heterocycles. The van der Waals surface area contributed by atoms with Crippen LogP contribution in [0.4, 0.5) is 0 Å². The molecule has 6 rings (SSSR count). The summed E-state index contributed by atoms with van der Waals surface area (Å²) in [5, 5.41) is 30.9. The number of phenols is 1. The van der Waals surface area contributed by atoms with Gasteiger partial charge < -0.3 is 47.0 Å². The number of nitrogens with one attached hydrogen (secondary N) is 4. The predicted molar refractivity (Wildman–Crippen MR) is 274 cm³/mol. The number of aliphatic carboxylic acids is 1. The quantitative estimate of drug-likeness (QED) is 0.0522. The highest BCUT2D eigenvalue weighted by molar-refractivity contribution is 6.09. The predicted octanol–water partition coefficient (Wildman–Crippen LogP) is 4.08. The highest BCUT2D eigenvalue weighted by Gasteiger charge is 2.42. The smallest absolute Gasteiger partial charge is 0.326 e. The number of nitrogens with zero attached hydrogens (tertiary/aromatic N) is 2. The molecular formula is C56H69N7O10. The van der Waals surface area contributed by atoms with Crippen molar-refractivity contribution in [2.24, 2.45) is 17.6 Å². The number of rotatable bonds is 23. The van der Waals surface area contributed by atoms with E-state index >= 15 is 0 Å². The molecule has 4 aromatic carbocycles. The minimum Gasteiger partial charge on any atom is -0.508 e. The number of ketones is 1. The molecule has 2 saturated heterocycles. The summed E-state index contributed by atoms with van der Waals surface area (Å²) >= 11 is 0. The summed E-state index contributed by atoms with van der Waals surface area (Å²) in [6.45, 7) is 7.82. The van der Waals surface area contributed by atoms with E-state index in [1.807, 2.05) is 26.8 Å². The Hall–Kier alpha value is -7.40. The van der Waals surface area contributed by atoms with E-state index in [1.54, 1.807) is 97.9 Å². The first-order chi connectivity index (χ1) is 34.9. The molecule has 0 radical (unpaired) electrons. The van der Waals surface area contributed by atoms with Gasteiger partial charge in [-0.3, -0.25) is 33.6 Å². The van der Waals surface area contributed by atoms with Crippen molar-refractivity contribution in [1.82, 2.24) is 31.1 Å². The molecule has 0 unspecified atom stereocenters. The zero-order valence-electron chi connectivity index (χ0n) is 42.0. The number of hydrogen-bond acceptors (Lipinski definition) is 10. The molecule has 388 valence electrons. The van der Waals surface area contributed by atoms with Gasteiger partial charge in [0, 0.05) is 37.1 Å². The molecular weight excluding hydrogens is 931 g/mol. The van der Waals surface area contributed by atoms with Crippen molar-refractivity contribution >= 4 is 47.2 Å². The fraction of sp³-hybridized carbons (Fsp3) is 0.429. The van der Waals surface area contributed by atoms with Crippen LogP contribution < -0.4 is 27.0 Å². The Morgan fingerprint density at radius 2 is 1.05 bits per heavy atom. The van der Waals surface area contributed by atoms with Crippen LogP contribution in [-0.2, 0) is 52.8 Å². The second kappa shape index (κ2) is 25.8. The molecule has 8 N–H and O–H groups in total. The van der Waals surface area contributed by atoms with Crippen molar-refractivity contribution in [3.8, 4) is 5.75 Å². The van der Waals surface area contributed by atoms with Crippen LogP contribution in [0.2, 0.25) is 0 Å². The third kappa shape index (κ3) is 14.8. The van der Waals surface area contributed by atoms with Gasteiger partial charge in [-0.05, 0) is 79.2 Å². The molecule has 17 nitrogen and oxygen atoms in total. The second-order valence-electron chi connectivity index (χ2n) is 19.7. The zero-order chi connectivity index (χ0) is 52.8. The number of aromatic hydroxyl groups is 1. The molecule has 2 aliphatic rings. The molecule has 17 heteroatoms. The van der Waals surface area contributed by atoms with E-state index < -0.39 is 89.6 Å². The van der Waals surface area contributed by atoms with Crippen molar-refractivity contribution in [3.63, 3.8) is 0 Å². The fourth-order valence-corrected chi connectivity index (χ4v) is 9.46. The standard InChI is InChI=1S/C56H69N7O10/c1-5-35(4)48(55(71)63-29-13-19-47(63)53(69)60-45(56(72)73)30-34(2)3)61-51(67)44(32-36-14-8-6-9-15-36)58-50(66)43(33-38-20-24-40(25-21-38)49(65)39-16-10-7-11-17-39)59-52(68)46-18-12-28-62(46)54(70)42(57)31-37-22-26-41(64)27-23-37/h6-11,14-17,20-27,34-35,42-48,64H,5,12-13,18-19,28-33,57H2,1-4H3,(H,58,66)(H,59,68)(H,60,69)(H,61,67)(H,72,73)/t35-,42-,43-,44-,45-,46-,47-,48-/m0/s1. The highest BCUT2D eigenvalue weighted by Crippen LogP contribution is 2.24. The largest absolute Gasteiger partial charge is 0.508 e. The molecule has 2 heterocycles. The molecule has 8 atom stereocenters. The summed E-state index contributed by atoms with van der Waals surface area (Å²) in [6.07, 6.45) is 2.32. The Morgan fingerprint density at radius 1 is 0.589 bits per heavy atom. The zero-order valence-corrected chi connectivity index (χ0v) is 42.0. The summed E-state index contributed by atoms with van der Waals surface area (Å²) in [6, 6.07) is 22.9. The number of carboxylic acids is 1. The molecule has 0 aliphatic carbocycles. The van der Waals surface area contributed by atoms with Crippen LogP contribution in [-0.4, -0.2) is 123 Å². The number of carbonyl (C=O) groups is 8. The number of carboxylic acid groups (broad SMARTS) is 1. The van der Waals surface area contributed by atoms with Gasteiger partial charge in [0.25, 0.3) is 0 Å². The maximum atomic E-state index is 14.8. The third-order valence-electron chi connectivity index (χ3n) is 13.7. The number of amides is 6. The van der Waals surface area contributed by atoms with Gasteiger partial charge in [0.2, 0.25) is 35.4 Å². The Balaban J connectivity index is 1.25. The number of hydrogen-bond donors (Lipinski definition) is 7. The van der Waals surface area contributed by atoms with Crippen molar-refractivity contribution in [2.75, 3.05) is 13.1 Å². The minimum atomic E-state index is -1.31. The fourth-order valence-electron chi connectivity index (χ4n) is 9.46. The Bertz CT molecular complexity index is 2560. The van der Waals surface area contributed by atoms with Crippen LogP contribution in [0, 0.1) is 11.8 Å². The van der Waals surface area contributed by atoms with Gasteiger partial charge in [-0.25, -0.2) is 4.79 Å². The lowest BCUT2D eigenvalue weighted by molar-refractivity contribution is -0.145. The lowest BCUT2D eigenvalue weighted by Gasteiger charge is -2.33. The van der Waals surface area contributed by atoms with Gasteiger partial charge in [-0.1, -0.05) is 131 Å². The number of nitrogens with two attached hydrogens (primary N) is 1. The van der Waals surface area contributed by atoms with Crippen molar-refractivity contribution in [3.05, 3.63) is 137 Å². The molecule has 6 amide bonds.